The Labute approximate surface area is 178 Å². The van der Waals surface area contributed by atoms with Crippen molar-refractivity contribution in [2.45, 2.75) is 65.7 Å². The SMILES string of the molecule is CC1(C)C2CCC1(CS(=O)(=O)[O-])C(=O)C2.CCCCCC(=O)C[S+]1CCOCC1. The standard InChI is InChI=1S/C11H21O2S.C10H16O4S/c1-2-3-4-5-11(12)10-14-8-6-13-7-9-14;1-9(2)7-3-4-10(9,8(11)5-7)6-15(12,13)14/h2-10H2,1H3;7H,3-6H2,1-2H3,(H,12,13,14)/q+1;/p-1. The Hall–Kier alpha value is -0.440. The number of carbonyl (C=O) groups is 2. The summed E-state index contributed by atoms with van der Waals surface area (Å²) < 4.78 is 38.0. The summed E-state index contributed by atoms with van der Waals surface area (Å²) in [6.07, 6.45) is 6.17. The fourth-order valence-electron chi connectivity index (χ4n) is 4.98. The van der Waals surface area contributed by atoms with Gasteiger partial charge in [0.25, 0.3) is 0 Å². The lowest BCUT2D eigenvalue weighted by atomic mass is 9.70. The van der Waals surface area contributed by atoms with E-state index in [0.29, 0.717) is 29.5 Å². The summed E-state index contributed by atoms with van der Waals surface area (Å²) in [6, 6.07) is 0. The molecule has 0 aromatic carbocycles. The van der Waals surface area contributed by atoms with Gasteiger partial charge in [-0.1, -0.05) is 33.6 Å². The number of Topliss-reactive ketones (excluding diaryl/α,β-unsaturated/α-hetero) is 2. The average molecular weight is 449 g/mol. The predicted molar refractivity (Wildman–Crippen MR) is 115 cm³/mol. The van der Waals surface area contributed by atoms with Crippen LogP contribution in [0.5, 0.6) is 0 Å². The Morgan fingerprint density at radius 2 is 1.90 bits per heavy atom. The van der Waals surface area contributed by atoms with E-state index in [9.17, 15) is 22.6 Å². The van der Waals surface area contributed by atoms with E-state index in [1.807, 2.05) is 13.8 Å². The molecule has 0 N–H and O–H groups in total. The van der Waals surface area contributed by atoms with Crippen LogP contribution in [0.2, 0.25) is 0 Å². The zero-order valence-electron chi connectivity index (χ0n) is 18.0. The Bertz CT molecular complexity index is 681. The molecule has 0 amide bonds. The molecule has 2 bridgehead atoms. The van der Waals surface area contributed by atoms with Crippen LogP contribution in [-0.4, -0.2) is 60.8 Å². The van der Waals surface area contributed by atoms with Crippen molar-refractivity contribution >= 4 is 32.6 Å². The zero-order chi connectivity index (χ0) is 21.7. The highest BCUT2D eigenvalue weighted by molar-refractivity contribution is 7.97. The molecule has 0 aromatic heterocycles. The van der Waals surface area contributed by atoms with Crippen LogP contribution in [0, 0.1) is 16.7 Å². The lowest BCUT2D eigenvalue weighted by molar-refractivity contribution is -0.128. The third-order valence-electron chi connectivity index (χ3n) is 7.02. The van der Waals surface area contributed by atoms with Crippen molar-refractivity contribution in [3.05, 3.63) is 0 Å². The Morgan fingerprint density at radius 3 is 2.38 bits per heavy atom. The number of ketones is 2. The molecule has 0 aromatic rings. The highest BCUT2D eigenvalue weighted by atomic mass is 32.2. The van der Waals surface area contributed by atoms with Crippen molar-refractivity contribution in [1.29, 1.82) is 0 Å². The zero-order valence-corrected chi connectivity index (χ0v) is 19.7. The summed E-state index contributed by atoms with van der Waals surface area (Å²) in [5.74, 6) is 3.24. The first-order chi connectivity index (χ1) is 13.5. The lowest BCUT2D eigenvalue weighted by Crippen LogP contribution is -2.42. The number of rotatable bonds is 8. The molecule has 2 unspecified atom stereocenters. The molecular formula is C21H36O6S2. The number of hydrogen-bond acceptors (Lipinski definition) is 6. The second kappa shape index (κ2) is 10.2. The Morgan fingerprint density at radius 1 is 1.24 bits per heavy atom. The van der Waals surface area contributed by atoms with Crippen molar-refractivity contribution in [3.8, 4) is 0 Å². The summed E-state index contributed by atoms with van der Waals surface area (Å²) in [5, 5.41) is 0. The minimum absolute atomic E-state index is 0.0248. The van der Waals surface area contributed by atoms with Gasteiger partial charge in [-0.2, -0.15) is 0 Å². The van der Waals surface area contributed by atoms with Crippen molar-refractivity contribution in [2.24, 2.45) is 16.7 Å². The molecule has 1 aliphatic heterocycles. The highest BCUT2D eigenvalue weighted by Gasteiger charge is 2.64. The first-order valence-corrected chi connectivity index (χ1v) is 14.0. The molecule has 3 aliphatic rings. The van der Waals surface area contributed by atoms with Crippen molar-refractivity contribution in [1.82, 2.24) is 0 Å². The first-order valence-electron chi connectivity index (χ1n) is 10.7. The van der Waals surface area contributed by atoms with Gasteiger partial charge in [-0.15, -0.1) is 0 Å². The fraction of sp³-hybridized carbons (Fsp3) is 0.905. The monoisotopic (exact) mass is 448 g/mol. The summed E-state index contributed by atoms with van der Waals surface area (Å²) >= 11 is 0. The van der Waals surface area contributed by atoms with E-state index in [2.05, 4.69) is 6.92 Å². The van der Waals surface area contributed by atoms with E-state index in [1.165, 1.54) is 12.8 Å². The van der Waals surface area contributed by atoms with Crippen LogP contribution in [0.1, 0.15) is 65.7 Å². The van der Waals surface area contributed by atoms with Gasteiger partial charge < -0.3 is 9.29 Å². The van der Waals surface area contributed by atoms with Gasteiger partial charge in [0.15, 0.2) is 11.5 Å². The van der Waals surface area contributed by atoms with Gasteiger partial charge in [0, 0.05) is 18.3 Å². The van der Waals surface area contributed by atoms with E-state index >= 15 is 0 Å². The lowest BCUT2D eigenvalue weighted by Gasteiger charge is -2.37. The fourth-order valence-corrected chi connectivity index (χ4v) is 8.06. The van der Waals surface area contributed by atoms with E-state index in [-0.39, 0.29) is 17.1 Å². The minimum atomic E-state index is -4.33. The number of hydrogen-bond donors (Lipinski definition) is 0. The Balaban J connectivity index is 0.000000208. The molecule has 2 atom stereocenters. The average Bonchev–Trinajstić information content (AvgIpc) is 2.96. The van der Waals surface area contributed by atoms with Crippen LogP contribution in [0.15, 0.2) is 0 Å². The number of ether oxygens (including phenoxy) is 1. The molecule has 3 rings (SSSR count). The van der Waals surface area contributed by atoms with Gasteiger partial charge in [-0.3, -0.25) is 9.59 Å². The van der Waals surface area contributed by atoms with Gasteiger partial charge in [0.2, 0.25) is 0 Å². The third-order valence-corrected chi connectivity index (χ3v) is 10.1. The van der Waals surface area contributed by atoms with Gasteiger partial charge in [-0.25, -0.2) is 8.42 Å². The molecule has 0 radical (unpaired) electrons. The minimum Gasteiger partial charge on any atom is -0.748 e. The van der Waals surface area contributed by atoms with Crippen LogP contribution in [0.3, 0.4) is 0 Å². The Kier molecular flexibility index (Phi) is 8.77. The maximum absolute atomic E-state index is 11.8. The molecular weight excluding hydrogens is 412 g/mol. The molecule has 1 heterocycles. The maximum Gasteiger partial charge on any atom is 0.181 e. The molecule has 2 saturated carbocycles. The van der Waals surface area contributed by atoms with E-state index in [0.717, 1.165) is 49.7 Å². The molecule has 29 heavy (non-hydrogen) atoms. The van der Waals surface area contributed by atoms with E-state index < -0.39 is 21.3 Å². The third kappa shape index (κ3) is 6.28. The number of unbranched alkanes of at least 4 members (excludes halogenated alkanes) is 2. The first kappa shape index (κ1) is 24.8. The van der Waals surface area contributed by atoms with Gasteiger partial charge in [0.1, 0.15) is 17.3 Å². The normalized spacial score (nSPS) is 28.8. The second-order valence-electron chi connectivity index (χ2n) is 9.14. The largest absolute Gasteiger partial charge is 0.748 e. The smallest absolute Gasteiger partial charge is 0.181 e. The molecule has 8 heteroatoms. The molecule has 168 valence electrons. The molecule has 0 spiro atoms. The van der Waals surface area contributed by atoms with E-state index in [1.54, 1.807) is 0 Å². The summed E-state index contributed by atoms with van der Waals surface area (Å²) in [4.78, 5) is 23.4. The van der Waals surface area contributed by atoms with Crippen LogP contribution < -0.4 is 0 Å². The van der Waals surface area contributed by atoms with Crippen molar-refractivity contribution < 1.29 is 27.3 Å². The quantitative estimate of drug-likeness (QED) is 0.321. The molecule has 1 saturated heterocycles. The van der Waals surface area contributed by atoms with Crippen molar-refractivity contribution in [3.63, 3.8) is 0 Å². The molecule has 3 fully saturated rings. The second-order valence-corrected chi connectivity index (χ2v) is 12.9. The van der Waals surface area contributed by atoms with Crippen LogP contribution in [0.25, 0.3) is 0 Å². The summed E-state index contributed by atoms with van der Waals surface area (Å²) in [6.45, 7) is 7.74. The van der Waals surface area contributed by atoms with Crippen LogP contribution >= 0.6 is 0 Å². The van der Waals surface area contributed by atoms with Crippen molar-refractivity contribution in [2.75, 3.05) is 36.2 Å². The molecule has 2 aliphatic carbocycles. The van der Waals surface area contributed by atoms with E-state index in [4.69, 9.17) is 4.74 Å². The van der Waals surface area contributed by atoms with Crippen LogP contribution in [0.4, 0.5) is 0 Å². The number of carbonyl (C=O) groups excluding carboxylic acids is 2. The number of fused-ring (bicyclic) bond motifs is 2. The topological polar surface area (TPSA) is 101 Å². The van der Waals surface area contributed by atoms with Crippen LogP contribution in [-0.2, 0) is 35.3 Å². The molecule has 6 nitrogen and oxygen atoms in total. The summed E-state index contributed by atoms with van der Waals surface area (Å²) in [7, 11) is -3.98. The highest BCUT2D eigenvalue weighted by Crippen LogP contribution is 2.64. The summed E-state index contributed by atoms with van der Waals surface area (Å²) in [5.41, 5.74) is -1.22. The van der Waals surface area contributed by atoms with Gasteiger partial charge >= 0.3 is 0 Å². The maximum atomic E-state index is 11.8. The van der Waals surface area contributed by atoms with Gasteiger partial charge in [0.05, 0.1) is 29.1 Å². The predicted octanol–water partition coefficient (Wildman–Crippen LogP) is 2.71. The van der Waals surface area contributed by atoms with Gasteiger partial charge in [-0.05, 0) is 41.5 Å².